The van der Waals surface area contributed by atoms with E-state index >= 15 is 0 Å². The highest BCUT2D eigenvalue weighted by Crippen LogP contribution is 2.30. The van der Waals surface area contributed by atoms with Gasteiger partial charge < -0.3 is 9.84 Å². The van der Waals surface area contributed by atoms with Crippen LogP contribution in [-0.2, 0) is 0 Å². The van der Waals surface area contributed by atoms with Crippen LogP contribution in [0, 0.1) is 0 Å². The fraction of sp³-hybridized carbons (Fsp3) is 0.0625. The number of fused-ring (bicyclic) bond motifs is 1. The highest BCUT2D eigenvalue weighted by molar-refractivity contribution is 6.23. The summed E-state index contributed by atoms with van der Waals surface area (Å²) < 4.78 is 5.08. The van der Waals surface area contributed by atoms with E-state index in [1.54, 1.807) is 24.3 Å². The van der Waals surface area contributed by atoms with Crippen molar-refractivity contribution in [3.63, 3.8) is 0 Å². The first kappa shape index (κ1) is 14.6. The summed E-state index contributed by atoms with van der Waals surface area (Å²) >= 11 is 0. The molecule has 2 aromatic carbocycles. The minimum atomic E-state index is -0.767. The summed E-state index contributed by atoms with van der Waals surface area (Å²) in [4.78, 5) is 36.9. The summed E-state index contributed by atoms with van der Waals surface area (Å²) in [6, 6.07) is 10.4. The van der Waals surface area contributed by atoms with E-state index in [2.05, 4.69) is 5.43 Å². The van der Waals surface area contributed by atoms with Gasteiger partial charge in [-0.3, -0.25) is 19.8 Å². The van der Waals surface area contributed by atoms with Gasteiger partial charge in [-0.25, -0.2) is 0 Å². The minimum absolute atomic E-state index is 0.0454. The monoisotopic (exact) mass is 312 g/mol. The van der Waals surface area contributed by atoms with Gasteiger partial charge in [0.2, 0.25) is 0 Å². The zero-order chi connectivity index (χ0) is 16.6. The average Bonchev–Trinajstić information content (AvgIpc) is 2.80. The number of ether oxygens (including phenoxy) is 1. The first-order valence-electron chi connectivity index (χ1n) is 6.69. The summed E-state index contributed by atoms with van der Waals surface area (Å²) in [6.07, 6.45) is 0. The fourth-order valence-corrected chi connectivity index (χ4v) is 2.35. The van der Waals surface area contributed by atoms with Crippen LogP contribution in [0.25, 0.3) is 0 Å². The smallest absolute Gasteiger partial charge is 0.284 e. The van der Waals surface area contributed by atoms with Gasteiger partial charge in [-0.1, -0.05) is 18.2 Å². The number of hydrazine groups is 1. The molecule has 0 spiro atoms. The van der Waals surface area contributed by atoms with Crippen LogP contribution in [0.1, 0.15) is 31.1 Å². The number of phenolic OH excluding ortho intramolecular Hbond substituents is 1. The van der Waals surface area contributed by atoms with Crippen LogP contribution in [-0.4, -0.2) is 34.9 Å². The number of phenols is 1. The van der Waals surface area contributed by atoms with Crippen molar-refractivity contribution in [2.75, 3.05) is 7.11 Å². The third-order valence-corrected chi connectivity index (χ3v) is 3.46. The van der Waals surface area contributed by atoms with Gasteiger partial charge in [0.15, 0.2) is 0 Å². The zero-order valence-electron chi connectivity index (χ0n) is 12.1. The van der Waals surface area contributed by atoms with Crippen molar-refractivity contribution in [1.82, 2.24) is 10.4 Å². The second-order valence-electron chi connectivity index (χ2n) is 4.79. The Balaban J connectivity index is 1.92. The molecule has 2 aromatic rings. The van der Waals surface area contributed by atoms with Gasteiger partial charge >= 0.3 is 0 Å². The molecule has 2 N–H and O–H groups in total. The van der Waals surface area contributed by atoms with Crippen LogP contribution in [0.15, 0.2) is 42.5 Å². The number of hydrogen-bond acceptors (Lipinski definition) is 5. The van der Waals surface area contributed by atoms with E-state index in [1.165, 1.54) is 25.3 Å². The number of nitrogens with zero attached hydrogens (tertiary/aromatic N) is 1. The summed E-state index contributed by atoms with van der Waals surface area (Å²) in [5, 5.41) is 10.3. The van der Waals surface area contributed by atoms with Crippen LogP contribution < -0.4 is 10.2 Å². The number of para-hydroxylation sites is 1. The fourth-order valence-electron chi connectivity index (χ4n) is 2.35. The molecule has 116 valence electrons. The summed E-state index contributed by atoms with van der Waals surface area (Å²) in [7, 11) is 1.39. The van der Waals surface area contributed by atoms with Gasteiger partial charge in [-0.05, 0) is 24.3 Å². The maximum atomic E-state index is 12.4. The molecular formula is C16H12N2O5. The second-order valence-corrected chi connectivity index (χ2v) is 4.79. The lowest BCUT2D eigenvalue weighted by molar-refractivity contribution is 0.0516. The lowest BCUT2D eigenvalue weighted by Crippen LogP contribution is -2.45. The summed E-state index contributed by atoms with van der Waals surface area (Å²) in [5.41, 5.74) is 2.41. The van der Waals surface area contributed by atoms with Crippen molar-refractivity contribution in [2.24, 2.45) is 0 Å². The topological polar surface area (TPSA) is 95.9 Å². The van der Waals surface area contributed by atoms with E-state index in [4.69, 9.17) is 4.74 Å². The molecule has 0 aromatic heterocycles. The normalized spacial score (nSPS) is 13.0. The molecule has 0 radical (unpaired) electrons. The number of methoxy groups -OCH3 is 1. The van der Waals surface area contributed by atoms with Crippen molar-refractivity contribution >= 4 is 17.7 Å². The third kappa shape index (κ3) is 2.28. The SMILES string of the molecule is COc1cccc2c1C(=O)N(NC(=O)c1ccccc1O)C2=O. The summed E-state index contributed by atoms with van der Waals surface area (Å²) in [5.74, 6) is -2.12. The number of benzene rings is 2. The van der Waals surface area contributed by atoms with Crippen molar-refractivity contribution in [2.45, 2.75) is 0 Å². The molecule has 23 heavy (non-hydrogen) atoms. The molecule has 1 aliphatic heterocycles. The molecule has 0 saturated carbocycles. The van der Waals surface area contributed by atoms with E-state index in [1.807, 2.05) is 0 Å². The van der Waals surface area contributed by atoms with Crippen LogP contribution in [0.2, 0.25) is 0 Å². The highest BCUT2D eigenvalue weighted by Gasteiger charge is 2.39. The average molecular weight is 312 g/mol. The lowest BCUT2D eigenvalue weighted by Gasteiger charge is -2.15. The Labute approximate surface area is 131 Å². The number of carbonyl (C=O) groups excluding carboxylic acids is 3. The van der Waals surface area contributed by atoms with Gasteiger partial charge in [0, 0.05) is 0 Å². The van der Waals surface area contributed by atoms with Crippen LogP contribution in [0.3, 0.4) is 0 Å². The molecule has 0 fully saturated rings. The number of nitrogens with one attached hydrogen (secondary N) is 1. The van der Waals surface area contributed by atoms with E-state index in [-0.39, 0.29) is 28.2 Å². The van der Waals surface area contributed by atoms with Crippen LogP contribution in [0.5, 0.6) is 11.5 Å². The van der Waals surface area contributed by atoms with Crippen molar-refractivity contribution in [3.8, 4) is 11.5 Å². The summed E-state index contributed by atoms with van der Waals surface area (Å²) in [6.45, 7) is 0. The van der Waals surface area contributed by atoms with Gasteiger partial charge in [0.1, 0.15) is 11.5 Å². The molecule has 3 amide bonds. The molecule has 0 atom stereocenters. The van der Waals surface area contributed by atoms with Gasteiger partial charge in [-0.15, -0.1) is 0 Å². The van der Waals surface area contributed by atoms with Gasteiger partial charge in [0.25, 0.3) is 17.7 Å². The number of imide groups is 1. The molecule has 0 unspecified atom stereocenters. The molecule has 1 aliphatic rings. The number of aromatic hydroxyl groups is 1. The van der Waals surface area contributed by atoms with Crippen LogP contribution in [0.4, 0.5) is 0 Å². The molecule has 7 heteroatoms. The predicted octanol–water partition coefficient (Wildman–Crippen LogP) is 1.34. The van der Waals surface area contributed by atoms with Gasteiger partial charge in [-0.2, -0.15) is 5.01 Å². The molecule has 0 saturated heterocycles. The first-order chi connectivity index (χ1) is 11.0. The lowest BCUT2D eigenvalue weighted by atomic mass is 10.1. The van der Waals surface area contributed by atoms with Crippen LogP contribution >= 0.6 is 0 Å². The van der Waals surface area contributed by atoms with Crippen molar-refractivity contribution in [3.05, 3.63) is 59.2 Å². The zero-order valence-corrected chi connectivity index (χ0v) is 12.1. The maximum absolute atomic E-state index is 12.4. The minimum Gasteiger partial charge on any atom is -0.507 e. The molecule has 0 bridgehead atoms. The maximum Gasteiger partial charge on any atom is 0.284 e. The van der Waals surface area contributed by atoms with Gasteiger partial charge in [0.05, 0.1) is 23.8 Å². The highest BCUT2D eigenvalue weighted by atomic mass is 16.5. The Bertz CT molecular complexity index is 831. The van der Waals surface area contributed by atoms with Crippen molar-refractivity contribution < 1.29 is 24.2 Å². The molecule has 0 aliphatic carbocycles. The molecule has 3 rings (SSSR count). The Kier molecular flexibility index (Phi) is 3.46. The Morgan fingerprint density at radius 3 is 2.52 bits per heavy atom. The Morgan fingerprint density at radius 2 is 1.83 bits per heavy atom. The molecule has 1 heterocycles. The Morgan fingerprint density at radius 1 is 1.09 bits per heavy atom. The quantitative estimate of drug-likeness (QED) is 0.834. The molecular weight excluding hydrogens is 300 g/mol. The number of amides is 3. The van der Waals surface area contributed by atoms with E-state index < -0.39 is 17.7 Å². The Hall–Kier alpha value is -3.35. The van der Waals surface area contributed by atoms with E-state index in [9.17, 15) is 19.5 Å². The third-order valence-electron chi connectivity index (χ3n) is 3.46. The largest absolute Gasteiger partial charge is 0.507 e. The first-order valence-corrected chi connectivity index (χ1v) is 6.69. The van der Waals surface area contributed by atoms with Crippen molar-refractivity contribution in [1.29, 1.82) is 0 Å². The number of rotatable bonds is 3. The van der Waals surface area contributed by atoms with E-state index in [0.717, 1.165) is 0 Å². The number of hydrogen-bond donors (Lipinski definition) is 2. The van der Waals surface area contributed by atoms with E-state index in [0.29, 0.717) is 5.01 Å². The predicted molar refractivity (Wildman–Crippen MR) is 79.1 cm³/mol. The second kappa shape index (κ2) is 5.45. The molecule has 7 nitrogen and oxygen atoms in total. The number of carbonyl (C=O) groups is 3. The standard InChI is InChI=1S/C16H12N2O5/c1-23-12-8-4-6-10-13(12)16(22)18(15(10)21)17-14(20)9-5-2-3-7-11(9)19/h2-8,19H,1H3,(H,17,20).